The zero-order chi connectivity index (χ0) is 29.5. The van der Waals surface area contributed by atoms with Crippen LogP contribution in [0.2, 0.25) is 0 Å². The number of nitrogens with one attached hydrogen (secondary N) is 1. The number of ether oxygens (including phenoxy) is 1. The van der Waals surface area contributed by atoms with E-state index in [0.717, 1.165) is 10.5 Å². The standard InChI is InChI=1S/C30H36F2N4O5/c1-29(2,3)36(28(39)40)25(19-9-5-4-6-10-19)27(38)35-16-20-15-30(31,32)18-34(20)17-23(35)26(37)33-22-13-14-41-24-12-8-7-11-21(22)24/h4-12,20,22-23,25H,13-18H2,1-3H3,(H,33,37)(H,39,40)/t20-,22-,23+,25+/m1/s1. The number of halogens is 2. The van der Waals surface area contributed by atoms with Crippen molar-refractivity contribution in [2.75, 3.05) is 26.2 Å². The molecule has 0 unspecified atom stereocenters. The number of alkyl halides is 2. The predicted octanol–water partition coefficient (Wildman–Crippen LogP) is 4.07. The minimum Gasteiger partial charge on any atom is -0.493 e. The van der Waals surface area contributed by atoms with Crippen LogP contribution in [0, 0.1) is 0 Å². The first kappa shape index (κ1) is 28.8. The normalized spacial score (nSPS) is 24.4. The Bertz CT molecular complexity index is 1300. The van der Waals surface area contributed by atoms with E-state index in [2.05, 4.69) is 5.32 Å². The Balaban J connectivity index is 1.51. The molecule has 11 heteroatoms. The summed E-state index contributed by atoms with van der Waals surface area (Å²) in [6.07, 6.45) is -1.22. The van der Waals surface area contributed by atoms with Gasteiger partial charge in [0.2, 0.25) is 5.91 Å². The van der Waals surface area contributed by atoms with Crippen LogP contribution in [0.3, 0.4) is 0 Å². The van der Waals surface area contributed by atoms with Crippen molar-refractivity contribution < 1.29 is 33.0 Å². The molecule has 9 nitrogen and oxygen atoms in total. The van der Waals surface area contributed by atoms with Crippen molar-refractivity contribution in [2.24, 2.45) is 0 Å². The third-order valence-electron chi connectivity index (χ3n) is 8.07. The van der Waals surface area contributed by atoms with Gasteiger partial charge in [-0.15, -0.1) is 0 Å². The summed E-state index contributed by atoms with van der Waals surface area (Å²) in [5.41, 5.74) is 0.262. The fraction of sp³-hybridized carbons (Fsp3) is 0.500. The summed E-state index contributed by atoms with van der Waals surface area (Å²) in [7, 11) is 0. The summed E-state index contributed by atoms with van der Waals surface area (Å²) in [5.74, 6) is -3.37. The average Bonchev–Trinajstić information content (AvgIpc) is 3.23. The lowest BCUT2D eigenvalue weighted by Crippen LogP contribution is -2.65. The molecule has 2 aromatic rings. The summed E-state index contributed by atoms with van der Waals surface area (Å²) < 4.78 is 34.7. The number of piperazine rings is 1. The van der Waals surface area contributed by atoms with Crippen molar-refractivity contribution in [1.82, 2.24) is 20.0 Å². The highest BCUT2D eigenvalue weighted by molar-refractivity contribution is 5.92. The molecule has 0 aromatic heterocycles. The maximum atomic E-state index is 14.5. The number of carboxylic acid groups (broad SMARTS) is 1. The Morgan fingerprint density at radius 3 is 2.44 bits per heavy atom. The largest absolute Gasteiger partial charge is 0.493 e. The summed E-state index contributed by atoms with van der Waals surface area (Å²) >= 11 is 0. The van der Waals surface area contributed by atoms with Gasteiger partial charge in [-0.1, -0.05) is 48.5 Å². The smallest absolute Gasteiger partial charge is 0.408 e. The Kier molecular flexibility index (Phi) is 7.67. The molecule has 3 aliphatic rings. The van der Waals surface area contributed by atoms with Crippen LogP contribution in [0.5, 0.6) is 5.75 Å². The zero-order valence-electron chi connectivity index (χ0n) is 23.4. The van der Waals surface area contributed by atoms with Crippen molar-refractivity contribution in [3.63, 3.8) is 0 Å². The van der Waals surface area contributed by atoms with E-state index < -0.39 is 60.5 Å². The first-order valence-electron chi connectivity index (χ1n) is 13.9. The minimum atomic E-state index is -2.94. The van der Waals surface area contributed by atoms with E-state index in [4.69, 9.17) is 4.74 Å². The predicted molar refractivity (Wildman–Crippen MR) is 147 cm³/mol. The van der Waals surface area contributed by atoms with E-state index in [1.54, 1.807) is 56.0 Å². The third kappa shape index (κ3) is 5.86. The number of hydrogen-bond acceptors (Lipinski definition) is 5. The summed E-state index contributed by atoms with van der Waals surface area (Å²) in [6.45, 7) is 4.77. The number of nitrogens with zero attached hydrogens (tertiary/aromatic N) is 3. The number of amides is 3. The molecule has 0 aliphatic carbocycles. The second-order valence-electron chi connectivity index (χ2n) is 12.0. The molecule has 2 N–H and O–H groups in total. The van der Waals surface area contributed by atoms with Crippen LogP contribution >= 0.6 is 0 Å². The van der Waals surface area contributed by atoms with Crippen molar-refractivity contribution in [2.45, 2.75) is 69.2 Å². The van der Waals surface area contributed by atoms with E-state index >= 15 is 0 Å². The van der Waals surface area contributed by atoms with Gasteiger partial charge in [0.25, 0.3) is 11.8 Å². The van der Waals surface area contributed by atoms with Crippen LogP contribution in [0.15, 0.2) is 54.6 Å². The van der Waals surface area contributed by atoms with E-state index in [1.165, 1.54) is 4.90 Å². The summed E-state index contributed by atoms with van der Waals surface area (Å²) in [4.78, 5) is 44.9. The lowest BCUT2D eigenvalue weighted by Gasteiger charge is -2.46. The highest BCUT2D eigenvalue weighted by Crippen LogP contribution is 2.38. The maximum Gasteiger partial charge on any atom is 0.408 e. The van der Waals surface area contributed by atoms with Gasteiger partial charge in [0, 0.05) is 43.1 Å². The van der Waals surface area contributed by atoms with Gasteiger partial charge in [0.05, 0.1) is 19.2 Å². The van der Waals surface area contributed by atoms with Gasteiger partial charge in [0.15, 0.2) is 0 Å². The SMILES string of the molecule is CC(C)(C)N(C(=O)O)[C@H](C(=O)N1C[C@H]2CC(F)(F)CN2C[C@H]1C(=O)N[C@@H]1CCOc2ccccc21)c1ccccc1. The zero-order valence-corrected chi connectivity index (χ0v) is 23.4. The molecule has 2 saturated heterocycles. The van der Waals surface area contributed by atoms with Crippen LogP contribution in [0.1, 0.15) is 56.8 Å². The molecule has 0 saturated carbocycles. The second kappa shape index (κ2) is 10.9. The van der Waals surface area contributed by atoms with E-state index in [1.807, 2.05) is 24.3 Å². The van der Waals surface area contributed by atoms with Gasteiger partial charge in [-0.2, -0.15) is 0 Å². The Morgan fingerprint density at radius 1 is 1.07 bits per heavy atom. The topological polar surface area (TPSA) is 102 Å². The van der Waals surface area contributed by atoms with Crippen molar-refractivity contribution in [3.8, 4) is 5.75 Å². The number of carbonyl (C=O) groups excluding carboxylic acids is 2. The van der Waals surface area contributed by atoms with Gasteiger partial charge in [-0.05, 0) is 32.4 Å². The molecule has 5 rings (SSSR count). The number of fused-ring (bicyclic) bond motifs is 2. The molecule has 41 heavy (non-hydrogen) atoms. The van der Waals surface area contributed by atoms with Crippen LogP contribution < -0.4 is 10.1 Å². The molecule has 4 atom stereocenters. The van der Waals surface area contributed by atoms with Crippen molar-refractivity contribution in [3.05, 3.63) is 65.7 Å². The van der Waals surface area contributed by atoms with Gasteiger partial charge in [0.1, 0.15) is 17.8 Å². The fourth-order valence-electron chi connectivity index (χ4n) is 6.24. The first-order chi connectivity index (χ1) is 19.4. The Labute approximate surface area is 238 Å². The first-order valence-corrected chi connectivity index (χ1v) is 13.9. The third-order valence-corrected chi connectivity index (χ3v) is 8.07. The Hall–Kier alpha value is -3.73. The van der Waals surface area contributed by atoms with E-state index in [-0.39, 0.29) is 19.1 Å². The number of hydrogen-bond donors (Lipinski definition) is 2. The number of para-hydroxylation sites is 1. The van der Waals surface area contributed by atoms with E-state index in [9.17, 15) is 28.3 Å². The lowest BCUT2D eigenvalue weighted by molar-refractivity contribution is -0.150. The van der Waals surface area contributed by atoms with E-state index in [0.29, 0.717) is 24.3 Å². The number of benzene rings is 2. The van der Waals surface area contributed by atoms with Crippen LogP contribution in [-0.2, 0) is 9.59 Å². The molecule has 0 spiro atoms. The van der Waals surface area contributed by atoms with Crippen molar-refractivity contribution in [1.29, 1.82) is 0 Å². The maximum absolute atomic E-state index is 14.5. The lowest BCUT2D eigenvalue weighted by atomic mass is 9.95. The molecule has 0 bridgehead atoms. The quantitative estimate of drug-likeness (QED) is 0.562. The molecule has 220 valence electrons. The van der Waals surface area contributed by atoms with Gasteiger partial charge in [-0.3, -0.25) is 19.4 Å². The summed E-state index contributed by atoms with van der Waals surface area (Å²) in [5, 5.41) is 13.3. The van der Waals surface area contributed by atoms with Crippen molar-refractivity contribution >= 4 is 17.9 Å². The second-order valence-corrected chi connectivity index (χ2v) is 12.0. The molecule has 3 amide bonds. The molecule has 2 fully saturated rings. The minimum absolute atomic E-state index is 0.0766. The van der Waals surface area contributed by atoms with Gasteiger partial charge >= 0.3 is 6.09 Å². The number of rotatable bonds is 5. The Morgan fingerprint density at radius 2 is 1.76 bits per heavy atom. The fourth-order valence-corrected chi connectivity index (χ4v) is 6.24. The van der Waals surface area contributed by atoms with Gasteiger partial charge < -0.3 is 20.1 Å². The molecular weight excluding hydrogens is 534 g/mol. The van der Waals surface area contributed by atoms with Crippen LogP contribution in [0.4, 0.5) is 13.6 Å². The van der Waals surface area contributed by atoms with Crippen LogP contribution in [0.25, 0.3) is 0 Å². The molecule has 3 heterocycles. The summed E-state index contributed by atoms with van der Waals surface area (Å²) in [6, 6.07) is 12.5. The monoisotopic (exact) mass is 570 g/mol. The molecule has 0 radical (unpaired) electrons. The molecule has 2 aromatic carbocycles. The number of carbonyl (C=O) groups is 3. The highest BCUT2D eigenvalue weighted by Gasteiger charge is 2.53. The highest BCUT2D eigenvalue weighted by atomic mass is 19.3. The molecule has 3 aliphatic heterocycles. The van der Waals surface area contributed by atoms with Crippen LogP contribution in [-0.4, -0.2) is 87.5 Å². The molecular formula is C30H36F2N4O5. The van der Waals surface area contributed by atoms with Gasteiger partial charge in [-0.25, -0.2) is 13.6 Å². The average molecular weight is 571 g/mol.